The van der Waals surface area contributed by atoms with Crippen LogP contribution in [0.1, 0.15) is 107 Å². The zero-order valence-corrected chi connectivity index (χ0v) is 29.3. The van der Waals surface area contributed by atoms with Crippen molar-refractivity contribution >= 4 is 59.5 Å². The second-order valence-corrected chi connectivity index (χ2v) is 20.3. The summed E-state index contributed by atoms with van der Waals surface area (Å²) in [5.74, 6) is 2.81. The van der Waals surface area contributed by atoms with Crippen LogP contribution in [0.25, 0.3) is 0 Å². The Morgan fingerprint density at radius 3 is 0.800 bits per heavy atom. The van der Waals surface area contributed by atoms with Crippen molar-refractivity contribution in [3.8, 4) is 0 Å². The first-order chi connectivity index (χ1) is 15.7. The summed E-state index contributed by atoms with van der Waals surface area (Å²) >= 11 is 20.7. The minimum absolute atomic E-state index is 0. The van der Waals surface area contributed by atoms with Crippen molar-refractivity contribution in [1.82, 2.24) is 0 Å². The molecular weight excluding hydrogens is 606 g/mol. The van der Waals surface area contributed by atoms with E-state index >= 15 is 0 Å². The van der Waals surface area contributed by atoms with Gasteiger partial charge in [0.05, 0.1) is 37.8 Å². The van der Waals surface area contributed by atoms with Crippen LogP contribution in [-0.2, 0) is 83.3 Å². The van der Waals surface area contributed by atoms with Crippen LogP contribution in [0.5, 0.6) is 0 Å². The van der Waals surface area contributed by atoms with Crippen molar-refractivity contribution in [1.29, 1.82) is 0 Å². The zero-order valence-electron chi connectivity index (χ0n) is 23.3. The van der Waals surface area contributed by atoms with E-state index in [4.69, 9.17) is 66.2 Å². The van der Waals surface area contributed by atoms with Crippen LogP contribution in [0, 0.1) is 23.7 Å². The van der Waals surface area contributed by atoms with Crippen LogP contribution in [0.4, 0.5) is 0 Å². The fraction of sp³-hybridized carbons (Fsp3) is 1.00. The zero-order chi connectivity index (χ0) is 26.6. The Hall–Kier alpha value is 2.36. The maximum atomic E-state index is 5.51. The van der Waals surface area contributed by atoms with E-state index in [9.17, 15) is 0 Å². The quantitative estimate of drug-likeness (QED) is 0.0555. The Labute approximate surface area is 250 Å². The molecule has 0 aliphatic heterocycles. The number of hydrogen-bond acceptors (Lipinski definition) is 8. The molecule has 4 nitrogen and oxygen atoms in total. The summed E-state index contributed by atoms with van der Waals surface area (Å²) in [6.07, 6.45) is 8.67. The van der Waals surface area contributed by atoms with Crippen molar-refractivity contribution in [2.45, 2.75) is 107 Å². The third kappa shape index (κ3) is 36.4. The summed E-state index contributed by atoms with van der Waals surface area (Å²) in [6.45, 7) is 20.2. The summed E-state index contributed by atoms with van der Waals surface area (Å²) in [6, 6.07) is 0. The van der Waals surface area contributed by atoms with Gasteiger partial charge >= 0.3 is 17.1 Å². The molecule has 0 saturated carbocycles. The Balaban J connectivity index is -0.000000569. The largest absolute Gasteiger partial charge is 2.00 e. The van der Waals surface area contributed by atoms with E-state index in [0.29, 0.717) is 50.1 Å². The third-order valence-electron chi connectivity index (χ3n) is 4.70. The molecule has 0 heterocycles. The molecular formula is C24H52CuO4P2S4. The molecule has 0 aromatic heterocycles. The van der Waals surface area contributed by atoms with Gasteiger partial charge in [0.25, 0.3) is 0 Å². The maximum Gasteiger partial charge on any atom is 2.00 e. The number of hydrogen-bond donors (Lipinski definition) is 0. The van der Waals surface area contributed by atoms with Gasteiger partial charge in [0.15, 0.2) is 0 Å². The summed E-state index contributed by atoms with van der Waals surface area (Å²) < 4.78 is 22.0. The van der Waals surface area contributed by atoms with Crippen LogP contribution >= 0.6 is 11.4 Å². The third-order valence-corrected chi connectivity index (χ3v) is 9.23. The molecule has 0 spiro atoms. The predicted molar refractivity (Wildman–Crippen MR) is 163 cm³/mol. The molecule has 0 rings (SSSR count). The maximum absolute atomic E-state index is 5.51. The molecule has 0 amide bonds. The van der Waals surface area contributed by atoms with Gasteiger partial charge in [-0.05, 0) is 75.0 Å². The molecule has 0 aromatic carbocycles. The van der Waals surface area contributed by atoms with Gasteiger partial charge in [-0.25, -0.2) is 0 Å². The summed E-state index contributed by atoms with van der Waals surface area (Å²) in [5.41, 5.74) is -4.79. The smallest absolute Gasteiger partial charge is 0.691 e. The molecule has 0 atom stereocenters. The topological polar surface area (TPSA) is 36.9 Å². The van der Waals surface area contributed by atoms with Gasteiger partial charge in [0.1, 0.15) is 0 Å². The van der Waals surface area contributed by atoms with E-state index in [0.717, 1.165) is 51.4 Å². The van der Waals surface area contributed by atoms with Crippen molar-refractivity contribution in [2.75, 3.05) is 26.4 Å². The van der Waals surface area contributed by atoms with E-state index in [1.54, 1.807) is 0 Å². The van der Waals surface area contributed by atoms with Crippen molar-refractivity contribution in [2.24, 2.45) is 23.7 Å². The molecule has 0 aliphatic rings. The van der Waals surface area contributed by atoms with Gasteiger partial charge in [-0.3, -0.25) is 0 Å². The Bertz CT molecular complexity index is 480. The molecule has 0 saturated heterocycles. The molecule has 0 bridgehead atoms. The number of rotatable bonds is 20. The Kier molecular flexibility index (Phi) is 30.3. The fourth-order valence-electron chi connectivity index (χ4n) is 2.75. The van der Waals surface area contributed by atoms with Gasteiger partial charge in [0, 0.05) is 0 Å². The van der Waals surface area contributed by atoms with Crippen molar-refractivity contribution < 1.29 is 35.2 Å². The second kappa shape index (κ2) is 25.3. The summed E-state index contributed by atoms with van der Waals surface area (Å²) in [4.78, 5) is 0. The second-order valence-electron chi connectivity index (χ2n) is 10.4. The van der Waals surface area contributed by atoms with Crippen molar-refractivity contribution in [3.05, 3.63) is 0 Å². The molecule has 11 heteroatoms. The molecule has 0 N–H and O–H groups in total. The van der Waals surface area contributed by atoms with Crippen LogP contribution in [0.3, 0.4) is 0 Å². The fourth-order valence-corrected chi connectivity index (χ4v) is 6.10. The molecule has 1 radical (unpaired) electrons. The average molecular weight is 658 g/mol. The van der Waals surface area contributed by atoms with E-state index in [2.05, 4.69) is 55.4 Å². The van der Waals surface area contributed by atoms with E-state index < -0.39 is 11.4 Å². The molecule has 0 aromatic rings. The monoisotopic (exact) mass is 657 g/mol. The SMILES string of the molecule is CC(C)CCCOP(=S)([S-])OCCCC(C)C.CC(C)CCCOP(=S)([S-])OCCCC(C)C.[Cu+2]. The molecule has 0 aliphatic carbocycles. The molecule has 217 valence electrons. The molecule has 0 fully saturated rings. The standard InChI is InChI=1S/2C12H27O2PS2.Cu/c2*1-11(2)7-5-9-13-15(16,17)14-10-6-8-12(3)4;/h2*11-12H,5-10H2,1-4H3,(H,16,17);/q;;+2/p-2. The van der Waals surface area contributed by atoms with Gasteiger partial charge < -0.3 is 42.6 Å². The minimum atomic E-state index is -2.40. The first kappa shape index (κ1) is 41.8. The van der Waals surface area contributed by atoms with Gasteiger partial charge in [-0.15, -0.1) is 0 Å². The summed E-state index contributed by atoms with van der Waals surface area (Å²) in [7, 11) is 0. The summed E-state index contributed by atoms with van der Waals surface area (Å²) in [5, 5.41) is 0. The predicted octanol–water partition coefficient (Wildman–Crippen LogP) is 9.32. The molecule has 0 unspecified atom stereocenters. The first-order valence-corrected chi connectivity index (χ1v) is 20.2. The van der Waals surface area contributed by atoms with E-state index in [1.807, 2.05) is 0 Å². The van der Waals surface area contributed by atoms with E-state index in [-0.39, 0.29) is 17.1 Å². The van der Waals surface area contributed by atoms with Crippen LogP contribution in [0.2, 0.25) is 0 Å². The van der Waals surface area contributed by atoms with E-state index in [1.165, 1.54) is 0 Å². The van der Waals surface area contributed by atoms with Gasteiger partial charge in [0.2, 0.25) is 0 Å². The van der Waals surface area contributed by atoms with Crippen LogP contribution < -0.4 is 0 Å². The van der Waals surface area contributed by atoms with Crippen LogP contribution in [0.15, 0.2) is 0 Å². The first-order valence-electron chi connectivity index (χ1n) is 12.9. The normalized spacial score (nSPS) is 12.3. The molecule has 35 heavy (non-hydrogen) atoms. The average Bonchev–Trinajstić information content (AvgIpc) is 2.69. The van der Waals surface area contributed by atoms with Crippen LogP contribution in [-0.4, -0.2) is 26.4 Å². The van der Waals surface area contributed by atoms with Crippen molar-refractivity contribution in [3.63, 3.8) is 0 Å². The Morgan fingerprint density at radius 1 is 0.486 bits per heavy atom. The Morgan fingerprint density at radius 2 is 0.657 bits per heavy atom. The van der Waals surface area contributed by atoms with Gasteiger partial charge in [-0.1, -0.05) is 79.0 Å². The minimum Gasteiger partial charge on any atom is -0.691 e. The van der Waals surface area contributed by atoms with Gasteiger partial charge in [-0.2, -0.15) is 0 Å².